The fraction of sp³-hybridized carbons (Fsp3) is 0.375. The molecular formula is C16H19N3OS. The van der Waals surface area contributed by atoms with Crippen molar-refractivity contribution in [2.75, 3.05) is 18.7 Å². The lowest BCUT2D eigenvalue weighted by molar-refractivity contribution is 0.186. The summed E-state index contributed by atoms with van der Waals surface area (Å²) in [5.74, 6) is 0. The van der Waals surface area contributed by atoms with E-state index >= 15 is 0 Å². The maximum atomic E-state index is 8.38. The lowest BCUT2D eigenvalue weighted by Crippen LogP contribution is -2.10. The third kappa shape index (κ3) is 4.28. The van der Waals surface area contributed by atoms with Gasteiger partial charge in [-0.1, -0.05) is 45.0 Å². The van der Waals surface area contributed by atoms with E-state index < -0.39 is 0 Å². The average molecular weight is 301 g/mol. The predicted molar refractivity (Wildman–Crippen MR) is 86.3 cm³/mol. The average Bonchev–Trinajstić information content (AvgIpc) is 2.92. The van der Waals surface area contributed by atoms with Gasteiger partial charge in [0.2, 0.25) is 0 Å². The Bertz CT molecular complexity index is 620. The summed E-state index contributed by atoms with van der Waals surface area (Å²) in [6.45, 7) is 6.99. The number of nitriles is 1. The molecule has 4 nitrogen and oxygen atoms in total. The van der Waals surface area contributed by atoms with Gasteiger partial charge in [-0.2, -0.15) is 5.26 Å². The minimum absolute atomic E-state index is 0.0828. The molecular weight excluding hydrogens is 282 g/mol. The molecule has 0 saturated heterocycles. The molecule has 0 spiro atoms. The van der Waals surface area contributed by atoms with Crippen LogP contribution < -0.4 is 5.32 Å². The maximum absolute atomic E-state index is 8.38. The zero-order valence-electron chi connectivity index (χ0n) is 12.5. The number of rotatable bonds is 5. The van der Waals surface area contributed by atoms with Crippen LogP contribution in [0.5, 0.6) is 0 Å². The van der Waals surface area contributed by atoms with Crippen molar-refractivity contribution in [1.29, 1.82) is 5.26 Å². The van der Waals surface area contributed by atoms with Crippen molar-refractivity contribution >= 4 is 16.5 Å². The van der Waals surface area contributed by atoms with Crippen molar-refractivity contribution in [1.82, 2.24) is 4.98 Å². The molecule has 0 fully saturated rings. The number of nitrogens with one attached hydrogen (secondary N) is 1. The van der Waals surface area contributed by atoms with E-state index in [0.717, 1.165) is 16.4 Å². The Morgan fingerprint density at radius 1 is 1.29 bits per heavy atom. The van der Waals surface area contributed by atoms with Crippen LogP contribution in [0.25, 0.3) is 11.3 Å². The number of nitrogens with zero attached hydrogens (tertiary/aromatic N) is 2. The molecule has 2 rings (SSSR count). The molecule has 1 N–H and O–H groups in total. The molecule has 2 aromatic rings. The van der Waals surface area contributed by atoms with Crippen molar-refractivity contribution in [3.05, 3.63) is 35.2 Å². The van der Waals surface area contributed by atoms with Crippen LogP contribution in [0.15, 0.2) is 29.6 Å². The van der Waals surface area contributed by atoms with Crippen LogP contribution in [-0.4, -0.2) is 18.3 Å². The van der Waals surface area contributed by atoms with Gasteiger partial charge in [-0.15, -0.1) is 11.3 Å². The van der Waals surface area contributed by atoms with E-state index in [9.17, 15) is 0 Å². The van der Waals surface area contributed by atoms with E-state index in [-0.39, 0.29) is 12.0 Å². The topological polar surface area (TPSA) is 57.9 Å². The van der Waals surface area contributed by atoms with Crippen LogP contribution in [0.4, 0.5) is 5.13 Å². The highest BCUT2D eigenvalue weighted by molar-refractivity contribution is 7.14. The molecule has 0 aliphatic carbocycles. The van der Waals surface area contributed by atoms with E-state index in [1.165, 1.54) is 16.9 Å². The van der Waals surface area contributed by atoms with E-state index in [2.05, 4.69) is 55.3 Å². The Kier molecular flexibility index (Phi) is 4.94. The summed E-state index contributed by atoms with van der Waals surface area (Å²) in [4.78, 5) is 4.51. The third-order valence-electron chi connectivity index (χ3n) is 3.04. The molecule has 0 aliphatic heterocycles. The zero-order valence-corrected chi connectivity index (χ0v) is 13.3. The van der Waals surface area contributed by atoms with Crippen LogP contribution in [0.1, 0.15) is 26.3 Å². The standard InChI is InChI=1S/C16H19N3OS/c1-16(2,3)13-6-4-12(5-7-13)14-10-21-15(19-14)18-11-20-9-8-17/h4-7,10H,9,11H2,1-3H3,(H,18,19). The number of ether oxygens (including phenoxy) is 1. The monoisotopic (exact) mass is 301 g/mol. The SMILES string of the molecule is CC(C)(C)c1ccc(-c2csc(NCOCC#N)n2)cc1. The highest BCUT2D eigenvalue weighted by atomic mass is 32.1. The molecule has 110 valence electrons. The number of thiazole rings is 1. The first-order valence-corrected chi connectivity index (χ1v) is 7.63. The van der Waals surface area contributed by atoms with Gasteiger partial charge < -0.3 is 10.1 Å². The van der Waals surface area contributed by atoms with Crippen molar-refractivity contribution in [3.63, 3.8) is 0 Å². The summed E-state index contributed by atoms with van der Waals surface area (Å²) in [5.41, 5.74) is 3.52. The van der Waals surface area contributed by atoms with Gasteiger partial charge in [0, 0.05) is 10.9 Å². The molecule has 1 aromatic carbocycles. The first-order valence-electron chi connectivity index (χ1n) is 6.76. The summed E-state index contributed by atoms with van der Waals surface area (Å²) in [5, 5.41) is 14.2. The molecule has 21 heavy (non-hydrogen) atoms. The van der Waals surface area contributed by atoms with Crippen LogP contribution in [0.2, 0.25) is 0 Å². The number of hydrogen-bond donors (Lipinski definition) is 1. The van der Waals surface area contributed by atoms with Crippen molar-refractivity contribution < 1.29 is 4.74 Å². The fourth-order valence-corrected chi connectivity index (χ4v) is 2.54. The van der Waals surface area contributed by atoms with Crippen molar-refractivity contribution in [2.24, 2.45) is 0 Å². The lowest BCUT2D eigenvalue weighted by Gasteiger charge is -2.18. The molecule has 0 saturated carbocycles. The summed E-state index contributed by atoms with van der Waals surface area (Å²) < 4.78 is 5.05. The smallest absolute Gasteiger partial charge is 0.185 e. The Morgan fingerprint density at radius 3 is 2.62 bits per heavy atom. The van der Waals surface area contributed by atoms with Crippen LogP contribution in [-0.2, 0) is 10.2 Å². The first-order chi connectivity index (χ1) is 10.0. The minimum Gasteiger partial charge on any atom is -0.346 e. The van der Waals surface area contributed by atoms with Crippen LogP contribution >= 0.6 is 11.3 Å². The van der Waals surface area contributed by atoms with Gasteiger partial charge in [0.25, 0.3) is 0 Å². The highest BCUT2D eigenvalue weighted by Gasteiger charge is 2.13. The molecule has 0 unspecified atom stereocenters. The predicted octanol–water partition coefficient (Wildman–Crippen LogP) is 4.02. The summed E-state index contributed by atoms with van der Waals surface area (Å²) in [7, 11) is 0. The molecule has 0 bridgehead atoms. The van der Waals surface area contributed by atoms with Crippen molar-refractivity contribution in [2.45, 2.75) is 26.2 Å². The highest BCUT2D eigenvalue weighted by Crippen LogP contribution is 2.28. The normalized spacial score (nSPS) is 11.1. The van der Waals surface area contributed by atoms with Crippen LogP contribution in [0.3, 0.4) is 0 Å². The van der Waals surface area contributed by atoms with E-state index in [4.69, 9.17) is 10.00 Å². The second-order valence-electron chi connectivity index (χ2n) is 5.69. The molecule has 1 heterocycles. The molecule has 0 atom stereocenters. The van der Waals surface area contributed by atoms with Gasteiger partial charge in [0.1, 0.15) is 13.3 Å². The number of benzene rings is 1. The van der Waals surface area contributed by atoms with Gasteiger partial charge in [0.15, 0.2) is 5.13 Å². The van der Waals surface area contributed by atoms with E-state index in [1.807, 2.05) is 11.4 Å². The maximum Gasteiger partial charge on any atom is 0.185 e. The van der Waals surface area contributed by atoms with Gasteiger partial charge >= 0.3 is 0 Å². The van der Waals surface area contributed by atoms with Gasteiger partial charge in [-0.05, 0) is 11.0 Å². The quantitative estimate of drug-likeness (QED) is 0.669. The Labute approximate surface area is 129 Å². The number of anilines is 1. The second-order valence-corrected chi connectivity index (χ2v) is 6.55. The van der Waals surface area contributed by atoms with Gasteiger partial charge in [0.05, 0.1) is 11.8 Å². The largest absolute Gasteiger partial charge is 0.346 e. The Morgan fingerprint density at radius 2 is 2.00 bits per heavy atom. The number of aromatic nitrogens is 1. The van der Waals surface area contributed by atoms with Crippen LogP contribution in [0, 0.1) is 11.3 Å². The number of hydrogen-bond acceptors (Lipinski definition) is 5. The third-order valence-corrected chi connectivity index (χ3v) is 3.84. The Balaban J connectivity index is 2.02. The minimum atomic E-state index is 0.0828. The first kappa shape index (κ1) is 15.5. The van der Waals surface area contributed by atoms with E-state index in [1.54, 1.807) is 0 Å². The van der Waals surface area contributed by atoms with Gasteiger partial charge in [-0.25, -0.2) is 4.98 Å². The zero-order chi connectivity index (χ0) is 15.3. The lowest BCUT2D eigenvalue weighted by atomic mass is 9.86. The van der Waals surface area contributed by atoms with Gasteiger partial charge in [-0.3, -0.25) is 0 Å². The summed E-state index contributed by atoms with van der Waals surface area (Å²) in [6, 6.07) is 10.4. The molecule has 0 aliphatic rings. The summed E-state index contributed by atoms with van der Waals surface area (Å²) >= 11 is 1.53. The molecule has 5 heteroatoms. The van der Waals surface area contributed by atoms with Crippen molar-refractivity contribution in [3.8, 4) is 17.3 Å². The second kappa shape index (κ2) is 6.70. The Hall–Kier alpha value is -1.90. The molecule has 0 amide bonds. The molecule has 0 radical (unpaired) electrons. The molecule has 1 aromatic heterocycles. The summed E-state index contributed by atoms with van der Waals surface area (Å²) in [6.07, 6.45) is 0. The van der Waals surface area contributed by atoms with E-state index in [0.29, 0.717) is 6.73 Å². The fourth-order valence-electron chi connectivity index (χ4n) is 1.84.